The Hall–Kier alpha value is -1.82. The number of carbonyl (C=O) groups is 1. The van der Waals surface area contributed by atoms with Gasteiger partial charge in [0.05, 0.1) is 10.6 Å². The summed E-state index contributed by atoms with van der Waals surface area (Å²) in [5, 5.41) is 10.0. The van der Waals surface area contributed by atoms with Crippen LogP contribution in [0.15, 0.2) is 53.4 Å². The molecule has 0 bridgehead atoms. The summed E-state index contributed by atoms with van der Waals surface area (Å²) in [7, 11) is 0. The number of anilines is 1. The number of halogens is 1. The fourth-order valence-corrected chi connectivity index (χ4v) is 3.56. The van der Waals surface area contributed by atoms with Crippen molar-refractivity contribution in [2.45, 2.75) is 0 Å². The highest BCUT2D eigenvalue weighted by Crippen LogP contribution is 2.36. The Morgan fingerprint density at radius 3 is 2.68 bits per heavy atom. The molecule has 1 saturated heterocycles. The average Bonchev–Trinajstić information content (AvgIpc) is 2.73. The Bertz CT molecular complexity index is 804. The topological polar surface area (TPSA) is 40.5 Å². The third-order valence-electron chi connectivity index (χ3n) is 3.03. The Balaban J connectivity index is 1.95. The number of aromatic hydroxyl groups is 1. The van der Waals surface area contributed by atoms with Gasteiger partial charge in [-0.3, -0.25) is 9.69 Å². The minimum Gasteiger partial charge on any atom is -0.508 e. The third-order valence-corrected chi connectivity index (χ3v) is 4.57. The van der Waals surface area contributed by atoms with Crippen LogP contribution in [0.2, 0.25) is 5.02 Å². The second kappa shape index (κ2) is 6.12. The van der Waals surface area contributed by atoms with Gasteiger partial charge in [0.1, 0.15) is 5.75 Å². The number of benzene rings is 2. The number of nitrogens with zero attached hydrogens (tertiary/aromatic N) is 1. The van der Waals surface area contributed by atoms with E-state index in [4.69, 9.17) is 23.8 Å². The van der Waals surface area contributed by atoms with Gasteiger partial charge in [-0.25, -0.2) is 0 Å². The molecule has 2 aromatic carbocycles. The molecule has 2 aromatic rings. The van der Waals surface area contributed by atoms with Crippen molar-refractivity contribution in [3.05, 3.63) is 64.0 Å². The SMILES string of the molecule is O=C1/C(=C/c2cccc(O)c2)SC(=S)N1c1cccc(Cl)c1. The van der Waals surface area contributed by atoms with Crippen molar-refractivity contribution in [1.29, 1.82) is 0 Å². The highest BCUT2D eigenvalue weighted by molar-refractivity contribution is 8.27. The van der Waals surface area contributed by atoms with Gasteiger partial charge in [-0.05, 0) is 42.0 Å². The molecular formula is C16H10ClNO2S2. The molecule has 1 amide bonds. The molecule has 1 fully saturated rings. The molecule has 3 rings (SSSR count). The predicted molar refractivity (Wildman–Crippen MR) is 95.2 cm³/mol. The van der Waals surface area contributed by atoms with Gasteiger partial charge in [-0.2, -0.15) is 0 Å². The number of rotatable bonds is 2. The summed E-state index contributed by atoms with van der Waals surface area (Å²) in [5.41, 5.74) is 1.39. The molecule has 0 radical (unpaired) electrons. The molecule has 1 N–H and O–H groups in total. The van der Waals surface area contributed by atoms with Crippen LogP contribution in [-0.4, -0.2) is 15.3 Å². The van der Waals surface area contributed by atoms with E-state index >= 15 is 0 Å². The van der Waals surface area contributed by atoms with Crippen molar-refractivity contribution < 1.29 is 9.90 Å². The number of thiocarbonyl (C=S) groups is 1. The first-order chi connectivity index (χ1) is 10.5. The Labute approximate surface area is 142 Å². The molecule has 1 heterocycles. The minimum absolute atomic E-state index is 0.152. The summed E-state index contributed by atoms with van der Waals surface area (Å²) in [6, 6.07) is 13.7. The van der Waals surface area contributed by atoms with Gasteiger partial charge in [0, 0.05) is 5.02 Å². The van der Waals surface area contributed by atoms with E-state index in [2.05, 4.69) is 0 Å². The van der Waals surface area contributed by atoms with E-state index in [9.17, 15) is 9.90 Å². The van der Waals surface area contributed by atoms with E-state index in [1.165, 1.54) is 16.7 Å². The molecule has 110 valence electrons. The van der Waals surface area contributed by atoms with Crippen LogP contribution in [0.3, 0.4) is 0 Å². The maximum absolute atomic E-state index is 12.6. The van der Waals surface area contributed by atoms with Gasteiger partial charge in [-0.1, -0.05) is 53.8 Å². The number of carbonyl (C=O) groups excluding carboxylic acids is 1. The molecule has 3 nitrogen and oxygen atoms in total. The molecule has 0 unspecified atom stereocenters. The lowest BCUT2D eigenvalue weighted by atomic mass is 10.2. The van der Waals surface area contributed by atoms with Crippen LogP contribution in [0.1, 0.15) is 5.56 Å². The molecule has 6 heteroatoms. The smallest absolute Gasteiger partial charge is 0.270 e. The molecule has 0 aromatic heterocycles. The lowest BCUT2D eigenvalue weighted by Crippen LogP contribution is -2.27. The zero-order valence-corrected chi connectivity index (χ0v) is 13.6. The van der Waals surface area contributed by atoms with E-state index in [0.717, 1.165) is 5.56 Å². The normalized spacial score (nSPS) is 16.6. The van der Waals surface area contributed by atoms with Crippen LogP contribution < -0.4 is 4.90 Å². The van der Waals surface area contributed by atoms with Crippen LogP contribution in [0.25, 0.3) is 6.08 Å². The molecule has 0 atom stereocenters. The first-order valence-corrected chi connectivity index (χ1v) is 7.97. The molecule has 0 spiro atoms. The highest BCUT2D eigenvalue weighted by Gasteiger charge is 2.33. The monoisotopic (exact) mass is 347 g/mol. The molecule has 1 aliphatic heterocycles. The molecule has 22 heavy (non-hydrogen) atoms. The molecule has 0 aliphatic carbocycles. The van der Waals surface area contributed by atoms with Crippen LogP contribution in [0.5, 0.6) is 5.75 Å². The molecule has 1 aliphatic rings. The van der Waals surface area contributed by atoms with Gasteiger partial charge < -0.3 is 5.11 Å². The van der Waals surface area contributed by atoms with E-state index in [1.807, 2.05) is 6.07 Å². The third kappa shape index (κ3) is 3.02. The van der Waals surface area contributed by atoms with E-state index in [1.54, 1.807) is 48.5 Å². The summed E-state index contributed by atoms with van der Waals surface area (Å²) >= 11 is 12.5. The quantitative estimate of drug-likeness (QED) is 0.643. The van der Waals surface area contributed by atoms with Gasteiger partial charge >= 0.3 is 0 Å². The Morgan fingerprint density at radius 1 is 1.18 bits per heavy atom. The number of phenols is 1. The summed E-state index contributed by atoms with van der Waals surface area (Å²) in [6.07, 6.45) is 1.71. The number of hydrogen-bond acceptors (Lipinski definition) is 4. The predicted octanol–water partition coefficient (Wildman–Crippen LogP) is 4.45. The Morgan fingerprint density at radius 2 is 1.95 bits per heavy atom. The summed E-state index contributed by atoms with van der Waals surface area (Å²) in [6.45, 7) is 0. The fourth-order valence-electron chi connectivity index (χ4n) is 2.07. The zero-order chi connectivity index (χ0) is 15.7. The summed E-state index contributed by atoms with van der Waals surface area (Å²) in [5.74, 6) is -0.0420. The van der Waals surface area contributed by atoms with E-state index in [0.29, 0.717) is 19.9 Å². The maximum atomic E-state index is 12.6. The molecular weight excluding hydrogens is 338 g/mol. The van der Waals surface area contributed by atoms with Crippen molar-refractivity contribution >= 4 is 57.6 Å². The zero-order valence-electron chi connectivity index (χ0n) is 11.2. The van der Waals surface area contributed by atoms with Crippen LogP contribution >= 0.6 is 35.6 Å². The van der Waals surface area contributed by atoms with E-state index in [-0.39, 0.29) is 11.7 Å². The lowest BCUT2D eigenvalue weighted by Gasteiger charge is -2.14. The maximum Gasteiger partial charge on any atom is 0.270 e. The van der Waals surface area contributed by atoms with Crippen molar-refractivity contribution in [1.82, 2.24) is 0 Å². The fraction of sp³-hybridized carbons (Fsp3) is 0. The molecule has 0 saturated carbocycles. The van der Waals surface area contributed by atoms with Crippen molar-refractivity contribution in [2.75, 3.05) is 4.90 Å². The standard InChI is InChI=1S/C16H10ClNO2S2/c17-11-4-2-5-12(9-11)18-15(20)14(22-16(18)21)8-10-3-1-6-13(19)7-10/h1-9,19H/b14-8-. The van der Waals surface area contributed by atoms with Gasteiger partial charge in [0.25, 0.3) is 5.91 Å². The minimum atomic E-state index is -0.194. The number of thioether (sulfide) groups is 1. The summed E-state index contributed by atoms with van der Waals surface area (Å²) in [4.78, 5) is 14.5. The number of phenolic OH excluding ortho intramolecular Hbond substituents is 1. The number of hydrogen-bond donors (Lipinski definition) is 1. The average molecular weight is 348 g/mol. The van der Waals surface area contributed by atoms with Crippen molar-refractivity contribution in [3.8, 4) is 5.75 Å². The second-order valence-electron chi connectivity index (χ2n) is 4.59. The Kier molecular flexibility index (Phi) is 4.20. The van der Waals surface area contributed by atoms with Gasteiger partial charge in [0.2, 0.25) is 0 Å². The van der Waals surface area contributed by atoms with E-state index < -0.39 is 0 Å². The summed E-state index contributed by atoms with van der Waals surface area (Å²) < 4.78 is 0.457. The first-order valence-electron chi connectivity index (χ1n) is 6.37. The largest absolute Gasteiger partial charge is 0.508 e. The van der Waals surface area contributed by atoms with Gasteiger partial charge in [-0.15, -0.1) is 0 Å². The second-order valence-corrected chi connectivity index (χ2v) is 6.70. The highest BCUT2D eigenvalue weighted by atomic mass is 35.5. The van der Waals surface area contributed by atoms with Crippen LogP contribution in [-0.2, 0) is 4.79 Å². The van der Waals surface area contributed by atoms with Crippen LogP contribution in [0, 0.1) is 0 Å². The van der Waals surface area contributed by atoms with Crippen LogP contribution in [0.4, 0.5) is 5.69 Å². The van der Waals surface area contributed by atoms with Gasteiger partial charge in [0.15, 0.2) is 4.32 Å². The first kappa shape index (κ1) is 15.1. The van der Waals surface area contributed by atoms with Crippen molar-refractivity contribution in [2.24, 2.45) is 0 Å². The lowest BCUT2D eigenvalue weighted by molar-refractivity contribution is -0.113. The van der Waals surface area contributed by atoms with Crippen molar-refractivity contribution in [3.63, 3.8) is 0 Å². The number of amides is 1.